The molecule has 0 N–H and O–H groups in total. The third-order valence-electron chi connectivity index (χ3n) is 3.03. The predicted molar refractivity (Wildman–Crippen MR) is 81.1 cm³/mol. The van der Waals surface area contributed by atoms with Gasteiger partial charge < -0.3 is 0 Å². The van der Waals surface area contributed by atoms with Crippen molar-refractivity contribution in [2.45, 2.75) is 49.4 Å². The fourth-order valence-electron chi connectivity index (χ4n) is 1.79. The highest BCUT2D eigenvalue weighted by molar-refractivity contribution is 7.87. The first kappa shape index (κ1) is 20.6. The van der Waals surface area contributed by atoms with Gasteiger partial charge in [0.1, 0.15) is 0 Å². The summed E-state index contributed by atoms with van der Waals surface area (Å²) < 4.78 is 62.6. The molecule has 0 saturated carbocycles. The van der Waals surface area contributed by atoms with Gasteiger partial charge in [-0.3, -0.25) is 4.18 Å². The van der Waals surface area contributed by atoms with Gasteiger partial charge in [-0.1, -0.05) is 26.2 Å². The summed E-state index contributed by atoms with van der Waals surface area (Å²) in [5, 5.41) is 0. The smallest absolute Gasteiger partial charge is 0.262 e. The van der Waals surface area contributed by atoms with E-state index >= 15 is 0 Å². The molecule has 0 heterocycles. The molecule has 0 radical (unpaired) electrons. The van der Waals surface area contributed by atoms with E-state index in [0.29, 0.717) is 17.2 Å². The van der Waals surface area contributed by atoms with Crippen LogP contribution in [0.25, 0.3) is 0 Å². The van der Waals surface area contributed by atoms with Crippen molar-refractivity contribution >= 4 is 27.3 Å². The van der Waals surface area contributed by atoms with Crippen molar-refractivity contribution in [2.75, 3.05) is 19.9 Å². The predicted octanol–water partition coefficient (Wildman–Crippen LogP) is 3.79. The summed E-state index contributed by atoms with van der Waals surface area (Å²) >= 11 is 0. The lowest BCUT2D eigenvalue weighted by Gasteiger charge is -2.25. The van der Waals surface area contributed by atoms with Crippen molar-refractivity contribution in [2.24, 2.45) is 0 Å². The summed E-state index contributed by atoms with van der Waals surface area (Å²) in [5.74, 6) is 0. The maximum atomic E-state index is 12.2. The largest absolute Gasteiger partial charge is 0.523 e. The Morgan fingerprint density at radius 1 is 1.10 bits per heavy atom. The van der Waals surface area contributed by atoms with Crippen molar-refractivity contribution in [3.8, 4) is 0 Å². The summed E-state index contributed by atoms with van der Waals surface area (Å²) in [5.41, 5.74) is -5.21. The molecule has 4 atom stereocenters. The topological polar surface area (TPSA) is 43.4 Å². The van der Waals surface area contributed by atoms with E-state index in [2.05, 4.69) is 11.1 Å². The zero-order chi connectivity index (χ0) is 15.8. The summed E-state index contributed by atoms with van der Waals surface area (Å²) in [6, 6.07) is 0. The molecule has 0 rings (SSSR count). The summed E-state index contributed by atoms with van der Waals surface area (Å²) in [6.45, 7) is 5.60. The third kappa shape index (κ3) is 7.02. The van der Waals surface area contributed by atoms with Crippen LogP contribution in [0, 0.1) is 0 Å². The van der Waals surface area contributed by atoms with Gasteiger partial charge in [0.15, 0.2) is 0 Å². The fraction of sp³-hybridized carbons (Fsp3) is 1.00. The second-order valence-corrected chi connectivity index (χ2v) is 8.72. The number of halogens is 3. The average Bonchev–Trinajstić information content (AvgIpc) is 2.35. The van der Waals surface area contributed by atoms with E-state index in [9.17, 15) is 21.6 Å². The van der Waals surface area contributed by atoms with Gasteiger partial charge in [-0.25, -0.2) is 0 Å². The first-order chi connectivity index (χ1) is 9.19. The molecular formula is C11H23F3O3P2S. The Hall–Kier alpha value is 0.560. The van der Waals surface area contributed by atoms with E-state index in [4.69, 9.17) is 0 Å². The molecule has 4 unspecified atom stereocenters. The molecular weight excluding hydrogens is 331 g/mol. The number of unbranched alkanes of at least 4 members (excludes halogenated alkanes) is 2. The van der Waals surface area contributed by atoms with E-state index < -0.39 is 15.6 Å². The number of hydrogen-bond donors (Lipinski definition) is 0. The molecule has 0 aliphatic carbocycles. The molecule has 122 valence electrons. The van der Waals surface area contributed by atoms with Crippen LogP contribution in [0.4, 0.5) is 13.2 Å². The molecule has 0 aromatic rings. The second-order valence-electron chi connectivity index (χ2n) is 4.47. The molecule has 0 aliphatic heterocycles. The normalized spacial score (nSPS) is 17.3. The zero-order valence-corrected chi connectivity index (χ0v) is 14.8. The Morgan fingerprint density at radius 2 is 1.65 bits per heavy atom. The highest BCUT2D eigenvalue weighted by Crippen LogP contribution is 2.34. The number of alkyl halides is 3. The molecule has 0 aromatic heterocycles. The Labute approximate surface area is 123 Å². The third-order valence-corrected chi connectivity index (χ3v) is 7.12. The van der Waals surface area contributed by atoms with Gasteiger partial charge >= 0.3 is 15.6 Å². The molecule has 0 amide bonds. The van der Waals surface area contributed by atoms with Crippen LogP contribution in [0.15, 0.2) is 0 Å². The van der Waals surface area contributed by atoms with E-state index in [-0.39, 0.29) is 17.9 Å². The lowest BCUT2D eigenvalue weighted by atomic mass is 10.1. The summed E-state index contributed by atoms with van der Waals surface area (Å²) in [6.07, 6.45) is 4.11. The van der Waals surface area contributed by atoms with Crippen molar-refractivity contribution < 1.29 is 25.8 Å². The minimum atomic E-state index is -5.46. The molecule has 0 aromatic carbocycles. The molecule has 20 heavy (non-hydrogen) atoms. The van der Waals surface area contributed by atoms with Gasteiger partial charge in [0.05, 0.1) is 6.61 Å². The van der Waals surface area contributed by atoms with Crippen LogP contribution in [0.5, 0.6) is 0 Å². The number of rotatable bonds is 10. The first-order valence-corrected chi connectivity index (χ1v) is 11.1. The monoisotopic (exact) mass is 354 g/mol. The van der Waals surface area contributed by atoms with Crippen LogP contribution < -0.4 is 0 Å². The molecule has 0 aliphatic rings. The van der Waals surface area contributed by atoms with Crippen LogP contribution in [0.1, 0.15) is 32.6 Å². The first-order valence-electron chi connectivity index (χ1n) is 6.49. The van der Waals surface area contributed by atoms with Crippen molar-refractivity contribution in [1.29, 1.82) is 0 Å². The zero-order valence-electron chi connectivity index (χ0n) is 12.0. The van der Waals surface area contributed by atoms with Gasteiger partial charge in [-0.05, 0) is 25.4 Å². The summed E-state index contributed by atoms with van der Waals surface area (Å²) in [7, 11) is -4.52. The van der Waals surface area contributed by atoms with Crippen LogP contribution in [-0.2, 0) is 14.3 Å². The van der Waals surface area contributed by atoms with Gasteiger partial charge in [0.2, 0.25) is 0 Å². The SMILES string of the molecule is CCCCCC(PC)C(COS(=O)(=O)C(F)(F)F)PC. The van der Waals surface area contributed by atoms with E-state index in [0.717, 1.165) is 25.7 Å². The van der Waals surface area contributed by atoms with Gasteiger partial charge in [0.25, 0.3) is 0 Å². The van der Waals surface area contributed by atoms with Gasteiger partial charge in [0, 0.05) is 5.66 Å². The number of hydrogen-bond acceptors (Lipinski definition) is 3. The van der Waals surface area contributed by atoms with Crippen LogP contribution in [0.3, 0.4) is 0 Å². The molecule has 0 saturated heterocycles. The van der Waals surface area contributed by atoms with Crippen molar-refractivity contribution in [1.82, 2.24) is 0 Å². The minimum Gasteiger partial charge on any atom is -0.262 e. The van der Waals surface area contributed by atoms with Crippen LogP contribution in [0.2, 0.25) is 0 Å². The Bertz CT molecular complexity index is 360. The fourth-order valence-corrected chi connectivity index (χ4v) is 5.18. The Balaban J connectivity index is 4.52. The quantitative estimate of drug-likeness (QED) is 0.259. The molecule has 3 nitrogen and oxygen atoms in total. The molecule has 0 bridgehead atoms. The van der Waals surface area contributed by atoms with E-state index in [1.165, 1.54) is 0 Å². The highest BCUT2D eigenvalue weighted by Gasteiger charge is 2.47. The maximum absolute atomic E-state index is 12.2. The van der Waals surface area contributed by atoms with E-state index in [1.807, 2.05) is 13.3 Å². The molecule has 9 heteroatoms. The molecule has 0 spiro atoms. The lowest BCUT2D eigenvalue weighted by molar-refractivity contribution is -0.0541. The standard InChI is InChI=1S/C11H23F3O3P2S/c1-4-5-6-7-9(18-2)10(19-3)8-17-20(15,16)11(12,13)14/h9-10,18-19H,4-8H2,1-3H3. The Morgan fingerprint density at radius 3 is 2.05 bits per heavy atom. The van der Waals surface area contributed by atoms with Gasteiger partial charge in [-0.2, -0.15) is 21.6 Å². The van der Waals surface area contributed by atoms with Crippen molar-refractivity contribution in [3.63, 3.8) is 0 Å². The molecule has 0 fully saturated rings. The Kier molecular flexibility index (Phi) is 9.82. The van der Waals surface area contributed by atoms with E-state index in [1.54, 1.807) is 0 Å². The minimum absolute atomic E-state index is 0.118. The van der Waals surface area contributed by atoms with Crippen molar-refractivity contribution in [3.05, 3.63) is 0 Å². The highest BCUT2D eigenvalue weighted by atomic mass is 32.2. The van der Waals surface area contributed by atoms with Crippen LogP contribution in [-0.4, -0.2) is 45.2 Å². The lowest BCUT2D eigenvalue weighted by Crippen LogP contribution is -2.31. The average molecular weight is 354 g/mol. The van der Waals surface area contributed by atoms with Gasteiger partial charge in [-0.15, -0.1) is 17.2 Å². The second kappa shape index (κ2) is 9.55. The van der Waals surface area contributed by atoms with Crippen LogP contribution >= 0.6 is 17.2 Å². The maximum Gasteiger partial charge on any atom is 0.523 e. The summed E-state index contributed by atoms with van der Waals surface area (Å²) in [4.78, 5) is 0.